The quantitative estimate of drug-likeness (QED) is 0.606. The Morgan fingerprint density at radius 1 is 1.23 bits per heavy atom. The third-order valence-corrected chi connectivity index (χ3v) is 3.31. The summed E-state index contributed by atoms with van der Waals surface area (Å²) in [5.74, 6) is 0.429. The molecule has 0 rings (SSSR count). The Morgan fingerprint density at radius 3 is 2.32 bits per heavy atom. The van der Waals surface area contributed by atoms with Crippen molar-refractivity contribution in [2.75, 3.05) is 26.4 Å². The average molecular weight is 317 g/mol. The largest absolute Gasteiger partial charge is 0.444 e. The second kappa shape index (κ2) is 10.1. The van der Waals surface area contributed by atoms with Crippen LogP contribution in [0.5, 0.6) is 0 Å². The molecule has 0 saturated heterocycles. The molecule has 0 heterocycles. The molecule has 1 amide bonds. The van der Waals surface area contributed by atoms with Gasteiger partial charge in [-0.2, -0.15) is 0 Å². The van der Waals surface area contributed by atoms with E-state index in [0.29, 0.717) is 19.1 Å². The van der Waals surface area contributed by atoms with Crippen LogP contribution in [-0.4, -0.2) is 43.2 Å². The van der Waals surface area contributed by atoms with E-state index < -0.39 is 11.7 Å². The van der Waals surface area contributed by atoms with E-state index in [1.54, 1.807) is 0 Å². The lowest BCUT2D eigenvalue weighted by Crippen LogP contribution is -2.43. The van der Waals surface area contributed by atoms with Crippen molar-refractivity contribution in [3.05, 3.63) is 0 Å². The Kier molecular flexibility index (Phi) is 9.69. The predicted octanol–water partition coefficient (Wildman–Crippen LogP) is 3.35. The van der Waals surface area contributed by atoms with Gasteiger partial charge in [-0.25, -0.2) is 4.79 Å². The number of hydrogen-bond acceptors (Lipinski definition) is 4. The van der Waals surface area contributed by atoms with Gasteiger partial charge in [-0.1, -0.05) is 20.8 Å². The zero-order valence-corrected chi connectivity index (χ0v) is 15.2. The molecule has 0 aromatic heterocycles. The van der Waals surface area contributed by atoms with E-state index in [1.165, 1.54) is 0 Å². The summed E-state index contributed by atoms with van der Waals surface area (Å²) in [6, 6.07) is 0. The van der Waals surface area contributed by atoms with E-state index in [1.807, 2.05) is 20.8 Å². The molecular weight excluding hydrogens is 282 g/mol. The molecule has 0 bridgehead atoms. The van der Waals surface area contributed by atoms with Gasteiger partial charge in [0.15, 0.2) is 0 Å². The number of hydrogen-bond donors (Lipinski definition) is 2. The van der Waals surface area contributed by atoms with Gasteiger partial charge in [-0.05, 0) is 46.0 Å². The summed E-state index contributed by atoms with van der Waals surface area (Å²) in [5, 5.41) is 12.7. The van der Waals surface area contributed by atoms with Crippen molar-refractivity contribution >= 4 is 6.09 Å². The maximum absolute atomic E-state index is 11.8. The summed E-state index contributed by atoms with van der Waals surface area (Å²) >= 11 is 0. The van der Waals surface area contributed by atoms with Crippen LogP contribution in [0.25, 0.3) is 0 Å². The fourth-order valence-electron chi connectivity index (χ4n) is 2.44. The van der Waals surface area contributed by atoms with Crippen molar-refractivity contribution in [2.24, 2.45) is 11.3 Å². The number of carbonyl (C=O) groups is 1. The molecule has 0 radical (unpaired) electrons. The number of aliphatic hydroxyl groups excluding tert-OH is 1. The van der Waals surface area contributed by atoms with Crippen LogP contribution in [0.3, 0.4) is 0 Å². The highest BCUT2D eigenvalue weighted by atomic mass is 16.6. The first-order valence-corrected chi connectivity index (χ1v) is 8.29. The predicted molar refractivity (Wildman–Crippen MR) is 88.9 cm³/mol. The second-order valence-corrected chi connectivity index (χ2v) is 7.47. The first-order valence-electron chi connectivity index (χ1n) is 8.29. The smallest absolute Gasteiger partial charge is 0.407 e. The van der Waals surface area contributed by atoms with Gasteiger partial charge in [0.25, 0.3) is 0 Å². The van der Waals surface area contributed by atoms with Crippen LogP contribution in [0, 0.1) is 11.3 Å². The van der Waals surface area contributed by atoms with Crippen molar-refractivity contribution in [3.63, 3.8) is 0 Å². The minimum absolute atomic E-state index is 0.0243. The first kappa shape index (κ1) is 21.2. The summed E-state index contributed by atoms with van der Waals surface area (Å²) in [5.41, 5.74) is -0.882. The highest BCUT2D eigenvalue weighted by Gasteiger charge is 2.31. The van der Waals surface area contributed by atoms with Gasteiger partial charge in [0.1, 0.15) is 5.60 Å². The molecular formula is C17H35NO4. The molecule has 0 aliphatic heterocycles. The van der Waals surface area contributed by atoms with Gasteiger partial charge in [-0.3, -0.25) is 0 Å². The number of rotatable bonds is 10. The van der Waals surface area contributed by atoms with Gasteiger partial charge in [-0.15, -0.1) is 0 Å². The molecule has 0 aromatic rings. The number of aliphatic hydroxyl groups is 1. The molecule has 0 spiro atoms. The number of nitrogens with one attached hydrogen (secondary N) is 1. The molecule has 5 nitrogen and oxygen atoms in total. The van der Waals surface area contributed by atoms with Crippen molar-refractivity contribution < 1.29 is 19.4 Å². The van der Waals surface area contributed by atoms with Crippen LogP contribution in [0.15, 0.2) is 0 Å². The molecule has 0 aromatic carbocycles. The van der Waals surface area contributed by atoms with Crippen LogP contribution in [0.2, 0.25) is 0 Å². The molecule has 0 fully saturated rings. The van der Waals surface area contributed by atoms with E-state index in [4.69, 9.17) is 9.47 Å². The van der Waals surface area contributed by atoms with E-state index in [9.17, 15) is 9.90 Å². The maximum Gasteiger partial charge on any atom is 0.407 e. The molecule has 1 unspecified atom stereocenters. The third kappa shape index (κ3) is 10.0. The zero-order valence-electron chi connectivity index (χ0n) is 15.2. The van der Waals surface area contributed by atoms with Gasteiger partial charge >= 0.3 is 6.09 Å². The number of amides is 1. The summed E-state index contributed by atoms with van der Waals surface area (Å²) in [6.45, 7) is 13.5. The molecule has 2 N–H and O–H groups in total. The monoisotopic (exact) mass is 317 g/mol. The Labute approximate surface area is 135 Å². The van der Waals surface area contributed by atoms with Crippen molar-refractivity contribution in [1.82, 2.24) is 5.32 Å². The van der Waals surface area contributed by atoms with Crippen molar-refractivity contribution in [1.29, 1.82) is 0 Å². The van der Waals surface area contributed by atoms with E-state index >= 15 is 0 Å². The lowest BCUT2D eigenvalue weighted by atomic mass is 9.78. The Balaban J connectivity index is 4.59. The van der Waals surface area contributed by atoms with E-state index in [0.717, 1.165) is 25.9 Å². The van der Waals surface area contributed by atoms with Crippen molar-refractivity contribution in [2.45, 2.75) is 66.4 Å². The first-order chi connectivity index (χ1) is 10.1. The molecule has 22 heavy (non-hydrogen) atoms. The van der Waals surface area contributed by atoms with Crippen LogP contribution in [0.1, 0.15) is 60.8 Å². The highest BCUT2D eigenvalue weighted by Crippen LogP contribution is 2.29. The van der Waals surface area contributed by atoms with Crippen LogP contribution in [0.4, 0.5) is 4.79 Å². The number of ether oxygens (including phenoxy) is 2. The minimum Gasteiger partial charge on any atom is -0.444 e. The summed E-state index contributed by atoms with van der Waals surface area (Å²) in [7, 11) is 0. The van der Waals surface area contributed by atoms with Crippen LogP contribution in [-0.2, 0) is 9.47 Å². The lowest BCUT2D eigenvalue weighted by molar-refractivity contribution is 0.0294. The fraction of sp³-hybridized carbons (Fsp3) is 0.941. The maximum atomic E-state index is 11.8. The molecule has 132 valence electrons. The van der Waals surface area contributed by atoms with E-state index in [-0.39, 0.29) is 12.0 Å². The summed E-state index contributed by atoms with van der Waals surface area (Å²) in [4.78, 5) is 11.8. The Hall–Kier alpha value is -0.810. The second-order valence-electron chi connectivity index (χ2n) is 7.47. The zero-order chi connectivity index (χ0) is 17.2. The SMILES string of the molecule is CCCOCCC(CO)(CNC(=O)OC(C)(C)C)CC(C)C. The normalized spacial score (nSPS) is 14.7. The topological polar surface area (TPSA) is 67.8 Å². The molecule has 5 heteroatoms. The molecule has 0 aliphatic carbocycles. The number of alkyl carbamates (subject to hydrolysis) is 1. The molecule has 0 aliphatic rings. The Morgan fingerprint density at radius 2 is 1.86 bits per heavy atom. The molecule has 1 atom stereocenters. The number of carbonyl (C=O) groups excluding carboxylic acids is 1. The summed E-state index contributed by atoms with van der Waals surface area (Å²) < 4.78 is 10.8. The van der Waals surface area contributed by atoms with Gasteiger partial charge in [0, 0.05) is 25.2 Å². The lowest BCUT2D eigenvalue weighted by Gasteiger charge is -2.34. The van der Waals surface area contributed by atoms with Crippen LogP contribution >= 0.6 is 0 Å². The Bertz CT molecular complexity index is 312. The van der Waals surface area contributed by atoms with Gasteiger partial charge in [0.2, 0.25) is 0 Å². The van der Waals surface area contributed by atoms with Crippen LogP contribution < -0.4 is 5.32 Å². The standard InChI is InChI=1S/C17H35NO4/c1-7-9-21-10-8-17(13-19,11-14(2)3)12-18-15(20)22-16(4,5)6/h14,19H,7-13H2,1-6H3,(H,18,20). The van der Waals surface area contributed by atoms with Crippen molar-refractivity contribution in [3.8, 4) is 0 Å². The minimum atomic E-state index is -0.520. The third-order valence-electron chi connectivity index (χ3n) is 3.31. The van der Waals surface area contributed by atoms with Gasteiger partial charge < -0.3 is 19.9 Å². The van der Waals surface area contributed by atoms with E-state index in [2.05, 4.69) is 26.1 Å². The molecule has 0 saturated carbocycles. The summed E-state index contributed by atoms with van der Waals surface area (Å²) in [6.07, 6.45) is 2.09. The average Bonchev–Trinajstić information content (AvgIpc) is 2.38. The van der Waals surface area contributed by atoms with Gasteiger partial charge in [0.05, 0.1) is 6.61 Å². The highest BCUT2D eigenvalue weighted by molar-refractivity contribution is 5.67. The fourth-order valence-corrected chi connectivity index (χ4v) is 2.44.